The largest absolute Gasteiger partial charge is 0.461 e. The van der Waals surface area contributed by atoms with Crippen molar-refractivity contribution in [3.05, 3.63) is 65.7 Å². The van der Waals surface area contributed by atoms with Gasteiger partial charge < -0.3 is 9.64 Å². The van der Waals surface area contributed by atoms with E-state index in [0.717, 1.165) is 11.1 Å². The first kappa shape index (κ1) is 18.5. The van der Waals surface area contributed by atoms with Gasteiger partial charge in [-0.05, 0) is 36.4 Å². The van der Waals surface area contributed by atoms with E-state index in [0.29, 0.717) is 6.54 Å². The van der Waals surface area contributed by atoms with Crippen LogP contribution in [0.25, 0.3) is 0 Å². The van der Waals surface area contributed by atoms with Gasteiger partial charge in [-0.25, -0.2) is 0 Å². The molecule has 0 bridgehead atoms. The normalized spacial score (nSPS) is 18.0. The predicted octanol–water partition coefficient (Wildman–Crippen LogP) is 4.06. The molecule has 26 heavy (non-hydrogen) atoms. The monoisotopic (exact) mass is 369 g/mol. The van der Waals surface area contributed by atoms with Crippen LogP contribution in [-0.2, 0) is 20.9 Å². The van der Waals surface area contributed by atoms with Crippen molar-refractivity contribution < 1.29 is 14.3 Å². The van der Waals surface area contributed by atoms with Crippen LogP contribution >= 0.6 is 11.8 Å². The molecule has 0 radical (unpaired) electrons. The van der Waals surface area contributed by atoms with Gasteiger partial charge in [-0.2, -0.15) is 0 Å². The Kier molecular flexibility index (Phi) is 5.99. The molecule has 0 aliphatic carbocycles. The number of esters is 1. The molecule has 0 N–H and O–H groups in total. The fourth-order valence-corrected chi connectivity index (χ4v) is 3.58. The van der Waals surface area contributed by atoms with Crippen LogP contribution in [0.1, 0.15) is 30.5 Å². The summed E-state index contributed by atoms with van der Waals surface area (Å²) in [5.41, 5.74) is 2.03. The fraction of sp³-hybridized carbons (Fsp3) is 0.333. The molecule has 136 valence electrons. The van der Waals surface area contributed by atoms with E-state index in [-0.39, 0.29) is 36.9 Å². The molecule has 1 heterocycles. The van der Waals surface area contributed by atoms with Gasteiger partial charge in [0.05, 0.1) is 12.0 Å². The Morgan fingerprint density at radius 1 is 1.19 bits per heavy atom. The molecule has 5 heteroatoms. The van der Waals surface area contributed by atoms with Crippen molar-refractivity contribution >= 4 is 23.6 Å². The Bertz CT molecular complexity index is 761. The molecule has 0 saturated carbocycles. The number of hydrogen-bond acceptors (Lipinski definition) is 4. The van der Waals surface area contributed by atoms with Crippen LogP contribution in [0.5, 0.6) is 0 Å². The van der Waals surface area contributed by atoms with E-state index in [1.165, 1.54) is 4.90 Å². The van der Waals surface area contributed by atoms with E-state index >= 15 is 0 Å². The first-order chi connectivity index (χ1) is 12.6. The highest BCUT2D eigenvalue weighted by Crippen LogP contribution is 2.29. The lowest BCUT2D eigenvalue weighted by molar-refractivity contribution is -0.149. The number of nitrogens with zero attached hydrogens (tertiary/aromatic N) is 1. The number of ether oxygens (including phenoxy) is 1. The number of carbonyl (C=O) groups excluding carboxylic acids is 2. The summed E-state index contributed by atoms with van der Waals surface area (Å²) in [6, 6.07) is 17.8. The molecule has 1 amide bonds. The first-order valence-corrected chi connectivity index (χ1v) is 9.95. The number of thioether (sulfide) groups is 1. The Hall–Kier alpha value is -2.27. The summed E-state index contributed by atoms with van der Waals surface area (Å²) in [5, 5.41) is 0. The van der Waals surface area contributed by atoms with Gasteiger partial charge in [0.2, 0.25) is 5.91 Å². The molecule has 1 saturated heterocycles. The lowest BCUT2D eigenvalue weighted by Gasteiger charge is -2.25. The van der Waals surface area contributed by atoms with Crippen molar-refractivity contribution in [1.82, 2.24) is 4.90 Å². The van der Waals surface area contributed by atoms with Crippen LogP contribution in [0.3, 0.4) is 0 Å². The standard InChI is InChI=1S/C21H23NO3S/c1-15(17-6-4-3-5-7-17)22-13-18(12-20(22)23)21(24)25-14-16-8-10-19(26-2)11-9-16/h3-11,15,18H,12-14H2,1-2H3/t15-,18-/m0/s1. The number of hydrogen-bond donors (Lipinski definition) is 0. The average molecular weight is 369 g/mol. The quantitative estimate of drug-likeness (QED) is 0.569. The molecule has 1 aliphatic heterocycles. The van der Waals surface area contributed by atoms with E-state index in [2.05, 4.69) is 0 Å². The second kappa shape index (κ2) is 8.41. The molecule has 0 unspecified atom stereocenters. The summed E-state index contributed by atoms with van der Waals surface area (Å²) in [7, 11) is 0. The summed E-state index contributed by atoms with van der Waals surface area (Å²) in [4.78, 5) is 27.7. The van der Waals surface area contributed by atoms with Gasteiger partial charge in [0.25, 0.3) is 0 Å². The molecule has 4 nitrogen and oxygen atoms in total. The fourth-order valence-electron chi connectivity index (χ4n) is 3.17. The average Bonchev–Trinajstić information content (AvgIpc) is 3.08. The third-order valence-electron chi connectivity index (χ3n) is 4.78. The zero-order valence-electron chi connectivity index (χ0n) is 15.1. The van der Waals surface area contributed by atoms with Crippen molar-refractivity contribution in [2.75, 3.05) is 12.8 Å². The van der Waals surface area contributed by atoms with E-state index < -0.39 is 0 Å². The topological polar surface area (TPSA) is 46.6 Å². The third kappa shape index (κ3) is 4.28. The summed E-state index contributed by atoms with van der Waals surface area (Å²) in [6.45, 7) is 2.65. The van der Waals surface area contributed by atoms with E-state index in [4.69, 9.17) is 4.74 Å². The van der Waals surface area contributed by atoms with Gasteiger partial charge in [0.1, 0.15) is 6.61 Å². The predicted molar refractivity (Wildman–Crippen MR) is 103 cm³/mol. The molecule has 2 atom stereocenters. The van der Waals surface area contributed by atoms with Gasteiger partial charge in [0, 0.05) is 17.9 Å². The van der Waals surface area contributed by atoms with Gasteiger partial charge in [-0.15, -0.1) is 11.8 Å². The highest BCUT2D eigenvalue weighted by atomic mass is 32.2. The number of benzene rings is 2. The van der Waals surface area contributed by atoms with Crippen molar-refractivity contribution in [2.45, 2.75) is 30.9 Å². The van der Waals surface area contributed by atoms with Crippen molar-refractivity contribution in [3.8, 4) is 0 Å². The van der Waals surface area contributed by atoms with E-state index in [9.17, 15) is 9.59 Å². The highest BCUT2D eigenvalue weighted by Gasteiger charge is 2.37. The molecule has 1 aliphatic rings. The van der Waals surface area contributed by atoms with E-state index in [1.54, 1.807) is 16.7 Å². The lowest BCUT2D eigenvalue weighted by atomic mass is 10.1. The summed E-state index contributed by atoms with van der Waals surface area (Å²) in [6.07, 6.45) is 2.25. The molecule has 2 aromatic rings. The second-order valence-corrected chi connectivity index (χ2v) is 7.37. The minimum absolute atomic E-state index is 0.00706. The molecule has 2 aromatic carbocycles. The zero-order valence-corrected chi connectivity index (χ0v) is 15.9. The SMILES string of the molecule is CSc1ccc(COC(=O)[C@H]2CC(=O)N([C@@H](C)c3ccccc3)C2)cc1. The molecule has 0 aromatic heterocycles. The Balaban J connectivity index is 1.56. The Morgan fingerprint density at radius 3 is 2.54 bits per heavy atom. The minimum Gasteiger partial charge on any atom is -0.461 e. The lowest BCUT2D eigenvalue weighted by Crippen LogP contribution is -2.29. The molecular weight excluding hydrogens is 346 g/mol. The van der Waals surface area contributed by atoms with Gasteiger partial charge in [-0.1, -0.05) is 42.5 Å². The van der Waals surface area contributed by atoms with Crippen LogP contribution in [0.2, 0.25) is 0 Å². The summed E-state index contributed by atoms with van der Waals surface area (Å²) >= 11 is 1.67. The van der Waals surface area contributed by atoms with Gasteiger partial charge in [-0.3, -0.25) is 9.59 Å². The summed E-state index contributed by atoms with van der Waals surface area (Å²) < 4.78 is 5.44. The van der Waals surface area contributed by atoms with Crippen LogP contribution in [0.4, 0.5) is 0 Å². The minimum atomic E-state index is -0.390. The van der Waals surface area contributed by atoms with Crippen LogP contribution in [0.15, 0.2) is 59.5 Å². The summed E-state index contributed by atoms with van der Waals surface area (Å²) in [5.74, 6) is -0.679. The van der Waals surface area contributed by atoms with Crippen LogP contribution < -0.4 is 0 Å². The molecule has 3 rings (SSSR count). The maximum absolute atomic E-state index is 12.4. The second-order valence-electron chi connectivity index (χ2n) is 6.49. The number of likely N-dealkylation sites (tertiary alicyclic amines) is 1. The van der Waals surface area contributed by atoms with Crippen molar-refractivity contribution in [3.63, 3.8) is 0 Å². The molecule has 1 fully saturated rings. The van der Waals surface area contributed by atoms with Gasteiger partial charge >= 0.3 is 5.97 Å². The van der Waals surface area contributed by atoms with Crippen molar-refractivity contribution in [1.29, 1.82) is 0 Å². The Morgan fingerprint density at radius 2 is 1.88 bits per heavy atom. The van der Waals surface area contributed by atoms with Gasteiger partial charge in [0.15, 0.2) is 0 Å². The van der Waals surface area contributed by atoms with E-state index in [1.807, 2.05) is 67.8 Å². The van der Waals surface area contributed by atoms with Crippen LogP contribution in [0, 0.1) is 5.92 Å². The number of rotatable bonds is 6. The maximum Gasteiger partial charge on any atom is 0.311 e. The first-order valence-electron chi connectivity index (χ1n) is 8.72. The third-order valence-corrected chi connectivity index (χ3v) is 5.52. The van der Waals surface area contributed by atoms with Crippen LogP contribution in [-0.4, -0.2) is 29.6 Å². The maximum atomic E-state index is 12.4. The molecular formula is C21H23NO3S. The number of carbonyl (C=O) groups is 2. The Labute approximate surface area is 158 Å². The zero-order chi connectivity index (χ0) is 18.5. The number of amides is 1. The molecule has 0 spiro atoms. The smallest absolute Gasteiger partial charge is 0.311 e. The highest BCUT2D eigenvalue weighted by molar-refractivity contribution is 7.98. The van der Waals surface area contributed by atoms with Crippen molar-refractivity contribution in [2.24, 2.45) is 5.92 Å².